The van der Waals surface area contributed by atoms with E-state index >= 15 is 0 Å². The smallest absolute Gasteiger partial charge is 0.232 e. The molecule has 2 amide bonds. The number of carbonyl (C=O) groups excluding carboxylic acids is 3. The van der Waals surface area contributed by atoms with Crippen molar-refractivity contribution in [3.63, 3.8) is 0 Å². The van der Waals surface area contributed by atoms with Gasteiger partial charge in [0.25, 0.3) is 0 Å². The zero-order valence-corrected chi connectivity index (χ0v) is 16.7. The molecule has 1 N–H and O–H groups in total. The number of fused-ring (bicyclic) bond motifs is 3. The molecule has 0 unspecified atom stereocenters. The van der Waals surface area contributed by atoms with Crippen LogP contribution in [0.2, 0.25) is 0 Å². The molecular formula is C20H28ClNO4. The fourth-order valence-electron chi connectivity index (χ4n) is 7.05. The lowest BCUT2D eigenvalue weighted by molar-refractivity contribution is -0.174. The number of rotatable bonds is 1. The highest BCUT2D eigenvalue weighted by Crippen LogP contribution is 2.65. The number of ketones is 1. The van der Waals surface area contributed by atoms with E-state index in [9.17, 15) is 14.4 Å². The van der Waals surface area contributed by atoms with Gasteiger partial charge in [-0.1, -0.05) is 20.8 Å². The average molecular weight is 382 g/mol. The van der Waals surface area contributed by atoms with Crippen molar-refractivity contribution in [3.05, 3.63) is 0 Å². The van der Waals surface area contributed by atoms with Crippen molar-refractivity contribution in [3.8, 4) is 0 Å². The van der Waals surface area contributed by atoms with Gasteiger partial charge in [0.2, 0.25) is 11.8 Å². The van der Waals surface area contributed by atoms with E-state index in [1.807, 2.05) is 6.92 Å². The van der Waals surface area contributed by atoms with Crippen LogP contribution < -0.4 is 5.32 Å². The Hall–Kier alpha value is -0.940. The van der Waals surface area contributed by atoms with Gasteiger partial charge in [0, 0.05) is 24.1 Å². The lowest BCUT2D eigenvalue weighted by Gasteiger charge is -2.59. The first-order chi connectivity index (χ1) is 12.0. The normalized spacial score (nSPS) is 50.3. The third kappa shape index (κ3) is 2.50. The maximum Gasteiger partial charge on any atom is 0.232 e. The molecular weight excluding hydrogens is 354 g/mol. The Balaban J connectivity index is 1.70. The topological polar surface area (TPSA) is 72.5 Å². The third-order valence-corrected chi connectivity index (χ3v) is 7.88. The molecule has 0 radical (unpaired) electrons. The van der Waals surface area contributed by atoms with E-state index < -0.39 is 11.5 Å². The van der Waals surface area contributed by atoms with Crippen LogP contribution in [0.1, 0.15) is 59.8 Å². The predicted molar refractivity (Wildman–Crippen MR) is 96.5 cm³/mol. The number of hydrogen-bond acceptors (Lipinski definition) is 4. The molecule has 0 bridgehead atoms. The number of carbonyl (C=O) groups is 3. The lowest BCUT2D eigenvalue weighted by Crippen LogP contribution is -2.61. The van der Waals surface area contributed by atoms with Crippen LogP contribution in [-0.4, -0.2) is 34.7 Å². The molecule has 4 fully saturated rings. The predicted octanol–water partition coefficient (Wildman–Crippen LogP) is 2.84. The molecule has 2 saturated heterocycles. The van der Waals surface area contributed by atoms with Crippen molar-refractivity contribution in [2.75, 3.05) is 0 Å². The molecule has 2 aliphatic heterocycles. The van der Waals surface area contributed by atoms with Gasteiger partial charge in [0.1, 0.15) is 5.78 Å². The second-order valence-electron chi connectivity index (χ2n) is 10.1. The first kappa shape index (κ1) is 18.4. The van der Waals surface area contributed by atoms with Gasteiger partial charge in [-0.2, -0.15) is 0 Å². The number of amides is 2. The fourth-order valence-corrected chi connectivity index (χ4v) is 7.78. The molecule has 4 aliphatic rings. The van der Waals surface area contributed by atoms with Gasteiger partial charge < -0.3 is 4.74 Å². The molecule has 144 valence electrons. The van der Waals surface area contributed by atoms with E-state index in [4.69, 9.17) is 16.3 Å². The van der Waals surface area contributed by atoms with Crippen molar-refractivity contribution in [1.82, 2.24) is 5.32 Å². The molecule has 5 nitrogen and oxygen atoms in total. The Labute approximate surface area is 159 Å². The lowest BCUT2D eigenvalue weighted by atomic mass is 9.45. The number of hydrogen-bond donors (Lipinski definition) is 1. The number of ether oxygens (including phenoxy) is 1. The monoisotopic (exact) mass is 381 g/mol. The van der Waals surface area contributed by atoms with Crippen LogP contribution in [0.4, 0.5) is 0 Å². The highest BCUT2D eigenvalue weighted by molar-refractivity contribution is 6.20. The largest absolute Gasteiger partial charge is 0.370 e. The Bertz CT molecular complexity index is 691. The number of halogens is 1. The number of Topliss-reactive ketones (excluding diaryl/α,β-unsaturated/α-hetero) is 1. The Morgan fingerprint density at radius 1 is 1.12 bits per heavy atom. The number of imide groups is 1. The van der Waals surface area contributed by atoms with Crippen molar-refractivity contribution in [2.45, 2.75) is 76.9 Å². The van der Waals surface area contributed by atoms with Crippen LogP contribution in [0, 0.1) is 28.6 Å². The van der Waals surface area contributed by atoms with Gasteiger partial charge in [-0.3, -0.25) is 19.7 Å². The molecule has 0 spiro atoms. The molecule has 2 heterocycles. The van der Waals surface area contributed by atoms with Gasteiger partial charge in [0.05, 0.1) is 17.6 Å². The number of nitrogens with one attached hydrogen (secondary N) is 1. The van der Waals surface area contributed by atoms with Crippen molar-refractivity contribution in [2.24, 2.45) is 28.6 Å². The Kier molecular flexibility index (Phi) is 3.93. The zero-order chi connectivity index (χ0) is 19.1. The second kappa shape index (κ2) is 5.54. The Morgan fingerprint density at radius 3 is 2.42 bits per heavy atom. The maximum absolute atomic E-state index is 13.2. The van der Waals surface area contributed by atoms with Crippen LogP contribution >= 0.6 is 11.6 Å². The average Bonchev–Trinajstić information content (AvgIpc) is 2.95. The molecule has 4 rings (SSSR count). The van der Waals surface area contributed by atoms with Crippen LogP contribution in [-0.2, 0) is 19.1 Å². The summed E-state index contributed by atoms with van der Waals surface area (Å²) in [7, 11) is 0. The standard InChI is InChI=1S/C20H28ClNO4/c1-18(2)7-10(21)8-19(3)14-6-13(11-5-15(24)22-17(11)25)26-20(14,4)9-12(23)16(18)19/h10-11,13-14,16H,5-9H2,1-4H3,(H,22,24,25)/t10-,11+,13-,14+,16-,19+,20-/m0/s1. The molecule has 2 aliphatic carbocycles. The third-order valence-electron chi connectivity index (χ3n) is 7.57. The summed E-state index contributed by atoms with van der Waals surface area (Å²) >= 11 is 6.64. The molecule has 0 aromatic carbocycles. The van der Waals surface area contributed by atoms with E-state index in [0.29, 0.717) is 12.8 Å². The van der Waals surface area contributed by atoms with Crippen LogP contribution in [0.5, 0.6) is 0 Å². The maximum atomic E-state index is 13.2. The molecule has 0 aromatic heterocycles. The Morgan fingerprint density at radius 2 is 1.81 bits per heavy atom. The molecule has 26 heavy (non-hydrogen) atoms. The summed E-state index contributed by atoms with van der Waals surface area (Å²) in [4.78, 5) is 37.0. The first-order valence-electron chi connectivity index (χ1n) is 9.64. The summed E-state index contributed by atoms with van der Waals surface area (Å²) in [6.45, 7) is 8.51. The fraction of sp³-hybridized carbons (Fsp3) is 0.850. The van der Waals surface area contributed by atoms with Crippen molar-refractivity contribution >= 4 is 29.2 Å². The quantitative estimate of drug-likeness (QED) is 0.560. The summed E-state index contributed by atoms with van der Waals surface area (Å²) in [6.07, 6.45) is 2.60. The van der Waals surface area contributed by atoms with E-state index in [-0.39, 0.29) is 58.2 Å². The van der Waals surface area contributed by atoms with Gasteiger partial charge in [-0.25, -0.2) is 0 Å². The van der Waals surface area contributed by atoms with E-state index in [1.165, 1.54) is 0 Å². The van der Waals surface area contributed by atoms with E-state index in [2.05, 4.69) is 26.1 Å². The van der Waals surface area contributed by atoms with E-state index in [1.54, 1.807) is 0 Å². The number of alkyl halides is 1. The molecule has 2 saturated carbocycles. The van der Waals surface area contributed by atoms with Gasteiger partial charge in [-0.05, 0) is 42.9 Å². The van der Waals surface area contributed by atoms with Crippen LogP contribution in [0.15, 0.2) is 0 Å². The SMILES string of the molecule is CC1(C)C[C@H](Cl)C[C@]2(C)[C@H]3C[C@@H]([C@H]4CC(=O)NC4=O)O[C@@]3(C)CC(=O)[C@@H]12. The van der Waals surface area contributed by atoms with Gasteiger partial charge >= 0.3 is 0 Å². The molecule has 7 atom stereocenters. The minimum absolute atomic E-state index is 0.0375. The van der Waals surface area contributed by atoms with Gasteiger partial charge in [0.15, 0.2) is 0 Å². The van der Waals surface area contributed by atoms with Crippen molar-refractivity contribution in [1.29, 1.82) is 0 Å². The van der Waals surface area contributed by atoms with Crippen LogP contribution in [0.3, 0.4) is 0 Å². The summed E-state index contributed by atoms with van der Waals surface area (Å²) < 4.78 is 6.37. The minimum atomic E-state index is -0.580. The molecule has 0 aromatic rings. The zero-order valence-electron chi connectivity index (χ0n) is 15.9. The van der Waals surface area contributed by atoms with Crippen molar-refractivity contribution < 1.29 is 19.1 Å². The minimum Gasteiger partial charge on any atom is -0.370 e. The summed E-state index contributed by atoms with van der Waals surface area (Å²) in [5.41, 5.74) is -0.967. The summed E-state index contributed by atoms with van der Waals surface area (Å²) in [5.74, 6) is -0.535. The van der Waals surface area contributed by atoms with Crippen LogP contribution in [0.25, 0.3) is 0 Å². The highest BCUT2D eigenvalue weighted by atomic mass is 35.5. The summed E-state index contributed by atoms with van der Waals surface area (Å²) in [5, 5.41) is 2.43. The summed E-state index contributed by atoms with van der Waals surface area (Å²) in [6, 6.07) is 0. The van der Waals surface area contributed by atoms with E-state index in [0.717, 1.165) is 12.8 Å². The second-order valence-corrected chi connectivity index (χ2v) is 10.7. The van der Waals surface area contributed by atoms with Gasteiger partial charge in [-0.15, -0.1) is 11.6 Å². The molecule has 6 heteroatoms. The first-order valence-corrected chi connectivity index (χ1v) is 10.1. The highest BCUT2D eigenvalue weighted by Gasteiger charge is 2.67.